The van der Waals surface area contributed by atoms with Gasteiger partial charge in [0.05, 0.1) is 0 Å². The maximum atomic E-state index is 11.7. The molecule has 1 heterocycles. The van der Waals surface area contributed by atoms with Gasteiger partial charge in [0.2, 0.25) is 5.91 Å². The Hall–Kier alpha value is -1.79. The summed E-state index contributed by atoms with van der Waals surface area (Å²) in [4.78, 5) is 36.6. The lowest BCUT2D eigenvalue weighted by molar-refractivity contribution is -0.138. The molecule has 0 aliphatic carbocycles. The van der Waals surface area contributed by atoms with Crippen LogP contribution >= 0.6 is 0 Å². The van der Waals surface area contributed by atoms with Gasteiger partial charge in [-0.2, -0.15) is 0 Å². The maximum Gasteiger partial charge on any atom is 0.317 e. The number of nitrogens with one attached hydrogen (secondary N) is 1. The Bertz CT molecular complexity index is 345. The number of carbonyl (C=O) groups is 3. The first-order chi connectivity index (χ1) is 8.40. The summed E-state index contributed by atoms with van der Waals surface area (Å²) >= 11 is 0. The van der Waals surface area contributed by atoms with Gasteiger partial charge in [-0.3, -0.25) is 9.59 Å². The second-order valence-corrected chi connectivity index (χ2v) is 4.63. The van der Waals surface area contributed by atoms with Crippen molar-refractivity contribution in [1.82, 2.24) is 15.1 Å². The highest BCUT2D eigenvalue weighted by molar-refractivity contribution is 5.85. The molecule has 2 N–H and O–H groups in total. The molecule has 7 nitrogen and oxygen atoms in total. The van der Waals surface area contributed by atoms with E-state index >= 15 is 0 Å². The highest BCUT2D eigenvalue weighted by Gasteiger charge is 2.24. The number of urea groups is 1. The highest BCUT2D eigenvalue weighted by atomic mass is 16.4. The van der Waals surface area contributed by atoms with Crippen molar-refractivity contribution in [2.24, 2.45) is 5.92 Å². The molecule has 102 valence electrons. The quantitative estimate of drug-likeness (QED) is 0.716. The smallest absolute Gasteiger partial charge is 0.317 e. The second-order valence-electron chi connectivity index (χ2n) is 4.63. The zero-order valence-electron chi connectivity index (χ0n) is 10.7. The third kappa shape index (κ3) is 4.23. The topological polar surface area (TPSA) is 90.0 Å². The van der Waals surface area contributed by atoms with E-state index < -0.39 is 5.97 Å². The number of aliphatic carboxylic acids is 1. The van der Waals surface area contributed by atoms with Crippen LogP contribution in [0.1, 0.15) is 13.3 Å². The standard InChI is InChI=1S/C11H19N3O4/c1-8(5-10(16)17)6-12-11(18)14-4-3-13(2)9(15)7-14/h8H,3-7H2,1-2H3,(H,12,18)(H,16,17). The molecule has 1 saturated heterocycles. The summed E-state index contributed by atoms with van der Waals surface area (Å²) in [6.45, 7) is 3.16. The van der Waals surface area contributed by atoms with Crippen molar-refractivity contribution in [2.45, 2.75) is 13.3 Å². The van der Waals surface area contributed by atoms with E-state index in [1.807, 2.05) is 0 Å². The summed E-state index contributed by atoms with van der Waals surface area (Å²) in [5.74, 6) is -1.10. The summed E-state index contributed by atoms with van der Waals surface area (Å²) in [5, 5.41) is 11.2. The Morgan fingerprint density at radius 2 is 2.11 bits per heavy atom. The van der Waals surface area contributed by atoms with E-state index in [-0.39, 0.29) is 30.8 Å². The van der Waals surface area contributed by atoms with Crippen LogP contribution < -0.4 is 5.32 Å². The predicted molar refractivity (Wildman–Crippen MR) is 64.0 cm³/mol. The zero-order chi connectivity index (χ0) is 13.7. The Balaban J connectivity index is 2.33. The number of hydrogen-bond acceptors (Lipinski definition) is 3. The van der Waals surface area contributed by atoms with Crippen molar-refractivity contribution in [3.63, 3.8) is 0 Å². The summed E-state index contributed by atoms with van der Waals surface area (Å²) < 4.78 is 0. The molecule has 1 atom stereocenters. The lowest BCUT2D eigenvalue weighted by atomic mass is 10.1. The van der Waals surface area contributed by atoms with Crippen LogP contribution in [0.5, 0.6) is 0 Å². The maximum absolute atomic E-state index is 11.7. The number of nitrogens with zero attached hydrogens (tertiary/aromatic N) is 2. The molecule has 0 aromatic rings. The fourth-order valence-corrected chi connectivity index (χ4v) is 1.68. The van der Waals surface area contributed by atoms with Gasteiger partial charge < -0.3 is 20.2 Å². The van der Waals surface area contributed by atoms with Gasteiger partial charge in [0.15, 0.2) is 0 Å². The fourth-order valence-electron chi connectivity index (χ4n) is 1.68. The molecule has 18 heavy (non-hydrogen) atoms. The minimum absolute atomic E-state index is 0.0158. The van der Waals surface area contributed by atoms with Gasteiger partial charge in [0.1, 0.15) is 6.54 Å². The van der Waals surface area contributed by atoms with Gasteiger partial charge in [-0.15, -0.1) is 0 Å². The molecule has 1 rings (SSSR count). The summed E-state index contributed by atoms with van der Waals surface area (Å²) in [6, 6.07) is -0.311. The van der Waals surface area contributed by atoms with Crippen molar-refractivity contribution in [2.75, 3.05) is 33.2 Å². The Morgan fingerprint density at radius 1 is 1.44 bits per heavy atom. The zero-order valence-corrected chi connectivity index (χ0v) is 10.7. The monoisotopic (exact) mass is 257 g/mol. The van der Waals surface area contributed by atoms with E-state index in [1.165, 1.54) is 4.90 Å². The number of carbonyl (C=O) groups excluding carboxylic acids is 2. The number of amides is 3. The number of likely N-dealkylation sites (N-methyl/N-ethyl adjacent to an activating group) is 1. The normalized spacial score (nSPS) is 17.6. The molecule has 0 spiro atoms. The van der Waals surface area contributed by atoms with Crippen LogP contribution in [0.2, 0.25) is 0 Å². The largest absolute Gasteiger partial charge is 0.481 e. The van der Waals surface area contributed by atoms with Gasteiger partial charge >= 0.3 is 12.0 Å². The van der Waals surface area contributed by atoms with Gasteiger partial charge in [0, 0.05) is 33.1 Å². The summed E-state index contributed by atoms with van der Waals surface area (Å²) in [6.07, 6.45) is 0.0158. The molecule has 1 unspecified atom stereocenters. The number of carboxylic acids is 1. The molecular formula is C11H19N3O4. The lowest BCUT2D eigenvalue weighted by Crippen LogP contribution is -2.53. The third-order valence-corrected chi connectivity index (χ3v) is 2.87. The Labute approximate surface area is 106 Å². The van der Waals surface area contributed by atoms with Crippen LogP contribution in [0.3, 0.4) is 0 Å². The van der Waals surface area contributed by atoms with E-state index in [9.17, 15) is 14.4 Å². The molecule has 1 fully saturated rings. The van der Waals surface area contributed by atoms with Crippen molar-refractivity contribution < 1.29 is 19.5 Å². The molecule has 1 aliphatic heterocycles. The molecule has 1 aliphatic rings. The van der Waals surface area contributed by atoms with E-state index in [0.717, 1.165) is 0 Å². The fraction of sp³-hybridized carbons (Fsp3) is 0.727. The van der Waals surface area contributed by atoms with Gasteiger partial charge in [-0.1, -0.05) is 6.92 Å². The SMILES string of the molecule is CC(CNC(=O)N1CCN(C)C(=O)C1)CC(=O)O. The molecule has 0 saturated carbocycles. The molecule has 7 heteroatoms. The first kappa shape index (κ1) is 14.3. The van der Waals surface area contributed by atoms with Crippen LogP contribution in [0.15, 0.2) is 0 Å². The number of carboxylic acid groups (broad SMARTS) is 1. The van der Waals surface area contributed by atoms with Gasteiger partial charge in [0.25, 0.3) is 0 Å². The average molecular weight is 257 g/mol. The first-order valence-corrected chi connectivity index (χ1v) is 5.88. The minimum atomic E-state index is -0.883. The van der Waals surface area contributed by atoms with Crippen molar-refractivity contribution in [1.29, 1.82) is 0 Å². The highest BCUT2D eigenvalue weighted by Crippen LogP contribution is 2.03. The average Bonchev–Trinajstić information content (AvgIpc) is 2.28. The number of rotatable bonds is 4. The van der Waals surface area contributed by atoms with Crippen LogP contribution in [-0.2, 0) is 9.59 Å². The Kier molecular flexibility index (Phi) is 4.94. The minimum Gasteiger partial charge on any atom is -0.481 e. The molecule has 0 radical (unpaired) electrons. The third-order valence-electron chi connectivity index (χ3n) is 2.87. The van der Waals surface area contributed by atoms with E-state index in [2.05, 4.69) is 5.32 Å². The first-order valence-electron chi connectivity index (χ1n) is 5.88. The van der Waals surface area contributed by atoms with Crippen molar-refractivity contribution >= 4 is 17.9 Å². The van der Waals surface area contributed by atoms with Crippen LogP contribution in [-0.4, -0.2) is 66.0 Å². The predicted octanol–water partition coefficient (Wildman–Crippen LogP) is -0.419. The molecule has 0 aromatic heterocycles. The lowest BCUT2D eigenvalue weighted by Gasteiger charge is -2.32. The Morgan fingerprint density at radius 3 is 2.67 bits per heavy atom. The second kappa shape index (κ2) is 6.23. The molecule has 0 bridgehead atoms. The van der Waals surface area contributed by atoms with Crippen molar-refractivity contribution in [3.8, 4) is 0 Å². The molecular weight excluding hydrogens is 238 g/mol. The van der Waals surface area contributed by atoms with Crippen LogP contribution in [0.25, 0.3) is 0 Å². The van der Waals surface area contributed by atoms with Gasteiger partial charge in [-0.25, -0.2) is 4.79 Å². The van der Waals surface area contributed by atoms with Crippen LogP contribution in [0, 0.1) is 5.92 Å². The van der Waals surface area contributed by atoms with E-state index in [4.69, 9.17) is 5.11 Å². The van der Waals surface area contributed by atoms with Gasteiger partial charge in [-0.05, 0) is 5.92 Å². The number of piperazine rings is 1. The van der Waals surface area contributed by atoms with Crippen LogP contribution in [0.4, 0.5) is 4.79 Å². The van der Waals surface area contributed by atoms with Crippen molar-refractivity contribution in [3.05, 3.63) is 0 Å². The molecule has 3 amide bonds. The van der Waals surface area contributed by atoms with E-state index in [0.29, 0.717) is 19.6 Å². The number of hydrogen-bond donors (Lipinski definition) is 2. The molecule has 0 aromatic carbocycles. The summed E-state index contributed by atoms with van der Waals surface area (Å²) in [7, 11) is 1.70. The summed E-state index contributed by atoms with van der Waals surface area (Å²) in [5.41, 5.74) is 0. The van der Waals surface area contributed by atoms with E-state index in [1.54, 1.807) is 18.9 Å².